The van der Waals surface area contributed by atoms with Crippen LogP contribution in [0, 0.1) is 0 Å². The predicted molar refractivity (Wildman–Crippen MR) is 105 cm³/mol. The fraction of sp³-hybridized carbons (Fsp3) is 0.381. The highest BCUT2D eigenvalue weighted by Gasteiger charge is 2.42. The van der Waals surface area contributed by atoms with Crippen LogP contribution in [-0.4, -0.2) is 37.3 Å². The van der Waals surface area contributed by atoms with Gasteiger partial charge in [0.05, 0.1) is 4.90 Å². The van der Waals surface area contributed by atoms with Gasteiger partial charge in [-0.3, -0.25) is 4.79 Å². The van der Waals surface area contributed by atoms with Crippen LogP contribution in [0.1, 0.15) is 31.7 Å². The zero-order valence-electron chi connectivity index (χ0n) is 15.4. The summed E-state index contributed by atoms with van der Waals surface area (Å²) in [5, 5.41) is 0. The van der Waals surface area contributed by atoms with Crippen LogP contribution in [-0.2, 0) is 21.2 Å². The summed E-state index contributed by atoms with van der Waals surface area (Å²) in [7, 11) is -3.69. The number of anilines is 1. The number of amides is 1. The molecule has 4 rings (SSSR count). The van der Waals surface area contributed by atoms with E-state index in [1.54, 1.807) is 35.2 Å². The molecule has 2 aliphatic heterocycles. The number of piperidine rings is 1. The van der Waals surface area contributed by atoms with E-state index in [0.29, 0.717) is 13.0 Å². The van der Waals surface area contributed by atoms with Gasteiger partial charge in [0.15, 0.2) is 0 Å². The number of carbonyl (C=O) groups excluding carboxylic acids is 1. The van der Waals surface area contributed by atoms with E-state index in [1.165, 1.54) is 4.31 Å². The Bertz CT molecular complexity index is 943. The maximum Gasteiger partial charge on any atom is 0.245 e. The molecular formula is C21H24N2O3S. The lowest BCUT2D eigenvalue weighted by Gasteiger charge is -2.37. The number of rotatable bonds is 3. The lowest BCUT2D eigenvalue weighted by Crippen LogP contribution is -2.54. The number of para-hydroxylation sites is 1. The summed E-state index contributed by atoms with van der Waals surface area (Å²) >= 11 is 0. The summed E-state index contributed by atoms with van der Waals surface area (Å²) in [5.74, 6) is -0.105. The summed E-state index contributed by atoms with van der Waals surface area (Å²) in [6.45, 7) is 2.41. The first-order valence-electron chi connectivity index (χ1n) is 9.48. The highest BCUT2D eigenvalue weighted by molar-refractivity contribution is 7.89. The molecule has 0 saturated carbocycles. The topological polar surface area (TPSA) is 57.7 Å². The van der Waals surface area contributed by atoms with Crippen molar-refractivity contribution in [3.63, 3.8) is 0 Å². The van der Waals surface area contributed by atoms with Crippen molar-refractivity contribution in [2.45, 2.75) is 49.6 Å². The number of hydrogen-bond donors (Lipinski definition) is 0. The van der Waals surface area contributed by atoms with Crippen LogP contribution >= 0.6 is 0 Å². The van der Waals surface area contributed by atoms with Crippen molar-refractivity contribution < 1.29 is 13.2 Å². The van der Waals surface area contributed by atoms with E-state index in [2.05, 4.69) is 0 Å². The largest absolute Gasteiger partial charge is 0.308 e. The minimum Gasteiger partial charge on any atom is -0.308 e. The van der Waals surface area contributed by atoms with Crippen molar-refractivity contribution >= 4 is 21.6 Å². The first-order chi connectivity index (χ1) is 13.0. The molecule has 1 fully saturated rings. The van der Waals surface area contributed by atoms with Gasteiger partial charge in [-0.1, -0.05) is 42.8 Å². The average molecular weight is 385 g/mol. The molecular weight excluding hydrogens is 360 g/mol. The lowest BCUT2D eigenvalue weighted by atomic mass is 10.0. The molecule has 0 aliphatic carbocycles. The summed E-state index contributed by atoms with van der Waals surface area (Å²) in [4.78, 5) is 15.5. The second-order valence-electron chi connectivity index (χ2n) is 7.33. The summed E-state index contributed by atoms with van der Waals surface area (Å²) in [6, 6.07) is 15.7. The number of nitrogens with zero attached hydrogens (tertiary/aromatic N) is 2. The highest BCUT2D eigenvalue weighted by Crippen LogP contribution is 2.35. The van der Waals surface area contributed by atoms with E-state index in [4.69, 9.17) is 0 Å². The van der Waals surface area contributed by atoms with Crippen LogP contribution in [0.2, 0.25) is 0 Å². The van der Waals surface area contributed by atoms with E-state index >= 15 is 0 Å². The smallest absolute Gasteiger partial charge is 0.245 e. The Morgan fingerprint density at radius 2 is 1.70 bits per heavy atom. The predicted octanol–water partition coefficient (Wildman–Crippen LogP) is 3.21. The third kappa shape index (κ3) is 3.17. The molecule has 0 radical (unpaired) electrons. The monoisotopic (exact) mass is 384 g/mol. The molecule has 2 heterocycles. The second kappa shape index (κ2) is 7.09. The molecule has 2 atom stereocenters. The third-order valence-electron chi connectivity index (χ3n) is 5.53. The molecule has 2 aromatic carbocycles. The van der Waals surface area contributed by atoms with Gasteiger partial charge >= 0.3 is 0 Å². The van der Waals surface area contributed by atoms with E-state index in [1.807, 2.05) is 31.2 Å². The minimum absolute atomic E-state index is 0.0399. The standard InChI is InChI=1S/C21H24N2O3S/c1-16-15-17-9-5-6-12-19(17)23(16)21(24)20-13-7-8-14-22(20)27(25,26)18-10-3-2-4-11-18/h2-6,9-12,16,20H,7-8,13-15H2,1H3/t16-,20+/m1/s1. The van der Waals surface area contributed by atoms with Crippen LogP contribution in [0.15, 0.2) is 59.5 Å². The van der Waals surface area contributed by atoms with Crippen molar-refractivity contribution in [3.05, 3.63) is 60.2 Å². The van der Waals surface area contributed by atoms with E-state index in [-0.39, 0.29) is 16.8 Å². The fourth-order valence-electron chi connectivity index (χ4n) is 4.23. The molecule has 6 heteroatoms. The third-order valence-corrected chi connectivity index (χ3v) is 7.46. The van der Waals surface area contributed by atoms with Gasteiger partial charge < -0.3 is 4.90 Å². The number of sulfonamides is 1. The van der Waals surface area contributed by atoms with Crippen LogP contribution in [0.3, 0.4) is 0 Å². The number of carbonyl (C=O) groups is 1. The van der Waals surface area contributed by atoms with Gasteiger partial charge in [0.2, 0.25) is 15.9 Å². The molecule has 142 valence electrons. The maximum absolute atomic E-state index is 13.5. The van der Waals surface area contributed by atoms with Crippen LogP contribution in [0.5, 0.6) is 0 Å². The molecule has 5 nitrogen and oxygen atoms in total. The molecule has 27 heavy (non-hydrogen) atoms. The van der Waals surface area contributed by atoms with Crippen molar-refractivity contribution in [1.82, 2.24) is 4.31 Å². The second-order valence-corrected chi connectivity index (χ2v) is 9.22. The van der Waals surface area contributed by atoms with E-state index in [0.717, 1.165) is 30.5 Å². The molecule has 2 aromatic rings. The Morgan fingerprint density at radius 1 is 1.00 bits per heavy atom. The molecule has 0 spiro atoms. The van der Waals surface area contributed by atoms with Gasteiger partial charge in [-0.25, -0.2) is 8.42 Å². The van der Waals surface area contributed by atoms with E-state index in [9.17, 15) is 13.2 Å². The van der Waals surface area contributed by atoms with Crippen molar-refractivity contribution in [2.75, 3.05) is 11.4 Å². The number of hydrogen-bond acceptors (Lipinski definition) is 3. The lowest BCUT2D eigenvalue weighted by molar-refractivity contribution is -0.123. The Balaban J connectivity index is 1.68. The molecule has 0 aromatic heterocycles. The van der Waals surface area contributed by atoms with Gasteiger partial charge in [-0.05, 0) is 49.9 Å². The molecule has 2 aliphatic rings. The van der Waals surface area contributed by atoms with Gasteiger partial charge in [0, 0.05) is 18.3 Å². The average Bonchev–Trinajstić information content (AvgIpc) is 3.04. The normalized spacial score (nSPS) is 23.2. The van der Waals surface area contributed by atoms with E-state index < -0.39 is 16.1 Å². The van der Waals surface area contributed by atoms with Crippen LogP contribution in [0.25, 0.3) is 0 Å². The zero-order chi connectivity index (χ0) is 19.0. The molecule has 0 N–H and O–H groups in total. The summed E-state index contributed by atoms with van der Waals surface area (Å²) < 4.78 is 27.8. The minimum atomic E-state index is -3.69. The molecule has 0 unspecified atom stereocenters. The first-order valence-corrected chi connectivity index (χ1v) is 10.9. The Labute approximate surface area is 160 Å². The van der Waals surface area contributed by atoms with Gasteiger partial charge in [-0.15, -0.1) is 0 Å². The van der Waals surface area contributed by atoms with Gasteiger partial charge in [0.1, 0.15) is 6.04 Å². The maximum atomic E-state index is 13.5. The SMILES string of the molecule is C[C@@H]1Cc2ccccc2N1C(=O)[C@@H]1CCCCN1S(=O)(=O)c1ccccc1. The quantitative estimate of drug-likeness (QED) is 0.816. The molecule has 1 amide bonds. The van der Waals surface area contributed by atoms with Crippen molar-refractivity contribution in [3.8, 4) is 0 Å². The zero-order valence-corrected chi connectivity index (χ0v) is 16.2. The van der Waals surface area contributed by atoms with Gasteiger partial charge in [0.25, 0.3) is 0 Å². The number of benzene rings is 2. The van der Waals surface area contributed by atoms with Crippen LogP contribution < -0.4 is 4.90 Å². The first kappa shape index (κ1) is 18.2. The summed E-state index contributed by atoms with van der Waals surface area (Å²) in [6.07, 6.45) is 3.01. The Morgan fingerprint density at radius 3 is 2.48 bits per heavy atom. The summed E-state index contributed by atoms with van der Waals surface area (Å²) in [5.41, 5.74) is 2.06. The number of fused-ring (bicyclic) bond motifs is 1. The Kier molecular flexibility index (Phi) is 4.78. The fourth-order valence-corrected chi connectivity index (χ4v) is 5.90. The highest BCUT2D eigenvalue weighted by atomic mass is 32.2. The molecule has 0 bridgehead atoms. The molecule has 1 saturated heterocycles. The van der Waals surface area contributed by atoms with Crippen LogP contribution in [0.4, 0.5) is 5.69 Å². The van der Waals surface area contributed by atoms with Crippen molar-refractivity contribution in [2.24, 2.45) is 0 Å². The van der Waals surface area contributed by atoms with Gasteiger partial charge in [-0.2, -0.15) is 4.31 Å². The Hall–Kier alpha value is -2.18. The van der Waals surface area contributed by atoms with Crippen molar-refractivity contribution in [1.29, 1.82) is 0 Å².